The summed E-state index contributed by atoms with van der Waals surface area (Å²) < 4.78 is 14.7. The number of hydrogen-bond donors (Lipinski definition) is 2. The summed E-state index contributed by atoms with van der Waals surface area (Å²) in [5.74, 6) is -0.773. The van der Waals surface area contributed by atoms with E-state index in [0.29, 0.717) is 6.54 Å². The number of carbonyl (C=O) groups is 1. The van der Waals surface area contributed by atoms with Gasteiger partial charge < -0.3 is 14.9 Å². The third-order valence-corrected chi connectivity index (χ3v) is 5.34. The van der Waals surface area contributed by atoms with Crippen LogP contribution in [0.4, 0.5) is 4.39 Å². The van der Waals surface area contributed by atoms with Crippen molar-refractivity contribution in [3.63, 3.8) is 0 Å². The van der Waals surface area contributed by atoms with Crippen molar-refractivity contribution in [2.24, 2.45) is 0 Å². The number of unbranched alkanes of at least 4 members (excludes halogenated alkanes) is 1. The molecular weight excluding hydrogens is 393 g/mol. The zero-order chi connectivity index (χ0) is 21.8. The van der Waals surface area contributed by atoms with Crippen LogP contribution in [0, 0.1) is 5.82 Å². The van der Waals surface area contributed by atoms with Crippen molar-refractivity contribution in [3.8, 4) is 11.1 Å². The molecule has 4 aromatic rings. The van der Waals surface area contributed by atoms with Crippen LogP contribution < -0.4 is 10.9 Å². The lowest BCUT2D eigenvalue weighted by molar-refractivity contribution is 0.0949. The van der Waals surface area contributed by atoms with Gasteiger partial charge in [-0.2, -0.15) is 0 Å². The summed E-state index contributed by atoms with van der Waals surface area (Å²) in [4.78, 5) is 29.0. The van der Waals surface area contributed by atoms with Crippen LogP contribution in [-0.2, 0) is 13.1 Å². The molecule has 2 N–H and O–H groups in total. The second-order valence-electron chi connectivity index (χ2n) is 7.58. The van der Waals surface area contributed by atoms with E-state index in [0.717, 1.165) is 40.4 Å². The topological polar surface area (TPSA) is 66.9 Å². The molecule has 2 heterocycles. The highest BCUT2D eigenvalue weighted by atomic mass is 19.1. The van der Waals surface area contributed by atoms with Crippen molar-refractivity contribution in [2.45, 2.75) is 32.9 Å². The Morgan fingerprint density at radius 2 is 1.87 bits per heavy atom. The summed E-state index contributed by atoms with van der Waals surface area (Å²) in [6.45, 7) is 2.83. The molecule has 2 aromatic carbocycles. The highest BCUT2D eigenvalue weighted by Gasteiger charge is 2.15. The maximum Gasteiger partial charge on any atom is 0.263 e. The average Bonchev–Trinajstić information content (AvgIpc) is 3.25. The molecule has 4 rings (SSSR count). The van der Waals surface area contributed by atoms with Crippen molar-refractivity contribution >= 4 is 16.8 Å². The summed E-state index contributed by atoms with van der Waals surface area (Å²) in [5, 5.41) is 3.84. The number of rotatable bonds is 7. The van der Waals surface area contributed by atoms with E-state index in [1.54, 1.807) is 22.8 Å². The molecular formula is C25H24FN3O2. The summed E-state index contributed by atoms with van der Waals surface area (Å²) in [7, 11) is 0. The van der Waals surface area contributed by atoms with Gasteiger partial charge in [0.15, 0.2) is 0 Å². The Bertz CT molecular complexity index is 1270. The molecule has 0 aliphatic rings. The maximum absolute atomic E-state index is 13.1. The summed E-state index contributed by atoms with van der Waals surface area (Å²) in [5.41, 5.74) is 3.33. The van der Waals surface area contributed by atoms with Crippen LogP contribution in [-0.4, -0.2) is 15.5 Å². The number of nitrogens with one attached hydrogen (secondary N) is 2. The van der Waals surface area contributed by atoms with Crippen molar-refractivity contribution < 1.29 is 9.18 Å². The van der Waals surface area contributed by atoms with Gasteiger partial charge in [-0.25, -0.2) is 4.39 Å². The van der Waals surface area contributed by atoms with Crippen LogP contribution in [0.1, 0.15) is 35.7 Å². The molecule has 0 bridgehead atoms. The van der Waals surface area contributed by atoms with Gasteiger partial charge in [0.05, 0.1) is 0 Å². The third kappa shape index (κ3) is 4.58. The van der Waals surface area contributed by atoms with E-state index in [2.05, 4.69) is 17.2 Å². The second-order valence-corrected chi connectivity index (χ2v) is 7.58. The summed E-state index contributed by atoms with van der Waals surface area (Å²) >= 11 is 0. The Labute approximate surface area is 179 Å². The largest absolute Gasteiger partial charge is 0.361 e. The molecule has 2 aromatic heterocycles. The number of aromatic amines is 1. The molecule has 0 atom stereocenters. The Morgan fingerprint density at radius 3 is 2.65 bits per heavy atom. The van der Waals surface area contributed by atoms with Gasteiger partial charge in [-0.1, -0.05) is 31.5 Å². The van der Waals surface area contributed by atoms with Gasteiger partial charge in [-0.05, 0) is 64.9 Å². The number of hydrogen-bond acceptors (Lipinski definition) is 2. The standard InChI is InChI=1S/C25H24FN3O2/c1-2-3-12-29-16-20(18-6-9-23-19(13-18)10-11-27-23)14-22(25(29)31)24(30)28-15-17-4-7-21(26)8-5-17/h4-11,13-14,16,27H,2-3,12,15H2,1H3,(H,28,30). The van der Waals surface area contributed by atoms with Crippen LogP contribution >= 0.6 is 0 Å². The Hall–Kier alpha value is -3.67. The fourth-order valence-corrected chi connectivity index (χ4v) is 3.56. The van der Waals surface area contributed by atoms with Gasteiger partial charge in [-0.15, -0.1) is 0 Å². The molecule has 1 amide bonds. The van der Waals surface area contributed by atoms with Crippen molar-refractivity contribution in [3.05, 3.63) is 94.3 Å². The van der Waals surface area contributed by atoms with E-state index < -0.39 is 5.91 Å². The smallest absolute Gasteiger partial charge is 0.263 e. The van der Waals surface area contributed by atoms with E-state index in [1.165, 1.54) is 12.1 Å². The van der Waals surface area contributed by atoms with Crippen LogP contribution in [0.2, 0.25) is 0 Å². The minimum atomic E-state index is -0.441. The zero-order valence-corrected chi connectivity index (χ0v) is 17.3. The quantitative estimate of drug-likeness (QED) is 0.451. The van der Waals surface area contributed by atoms with Crippen molar-refractivity contribution in [1.29, 1.82) is 0 Å². The molecule has 158 valence electrons. The number of nitrogens with zero attached hydrogens (tertiary/aromatic N) is 1. The van der Waals surface area contributed by atoms with Crippen molar-refractivity contribution in [2.75, 3.05) is 0 Å². The van der Waals surface area contributed by atoms with E-state index in [9.17, 15) is 14.0 Å². The fraction of sp³-hybridized carbons (Fsp3) is 0.200. The highest BCUT2D eigenvalue weighted by Crippen LogP contribution is 2.24. The lowest BCUT2D eigenvalue weighted by Gasteiger charge is -2.12. The first-order chi connectivity index (χ1) is 15.0. The molecule has 0 fully saturated rings. The zero-order valence-electron chi connectivity index (χ0n) is 17.3. The van der Waals surface area contributed by atoms with Crippen LogP contribution in [0.15, 0.2) is 71.8 Å². The molecule has 0 spiro atoms. The number of carbonyl (C=O) groups excluding carboxylic acids is 1. The first-order valence-electron chi connectivity index (χ1n) is 10.4. The maximum atomic E-state index is 13.1. The molecule has 31 heavy (non-hydrogen) atoms. The van der Waals surface area contributed by atoms with Gasteiger partial charge in [0.1, 0.15) is 11.4 Å². The van der Waals surface area contributed by atoms with E-state index in [-0.39, 0.29) is 23.5 Å². The van der Waals surface area contributed by atoms with Crippen LogP contribution in [0.25, 0.3) is 22.0 Å². The molecule has 0 aliphatic heterocycles. The Balaban J connectivity index is 1.67. The molecule has 0 saturated carbocycles. The van der Waals surface area contributed by atoms with E-state index >= 15 is 0 Å². The summed E-state index contributed by atoms with van der Waals surface area (Å²) in [6.07, 6.45) is 5.49. The number of H-pyrrole nitrogens is 1. The SMILES string of the molecule is CCCCn1cc(-c2ccc3[nH]ccc3c2)cc(C(=O)NCc2ccc(F)cc2)c1=O. The highest BCUT2D eigenvalue weighted by molar-refractivity contribution is 5.95. The molecule has 0 aliphatic carbocycles. The predicted octanol–water partition coefficient (Wildman–Crippen LogP) is 4.87. The molecule has 0 radical (unpaired) electrons. The minimum absolute atomic E-state index is 0.102. The number of amides is 1. The fourth-order valence-electron chi connectivity index (χ4n) is 3.56. The first-order valence-corrected chi connectivity index (χ1v) is 10.4. The van der Waals surface area contributed by atoms with Gasteiger partial charge >= 0.3 is 0 Å². The number of halogens is 1. The van der Waals surface area contributed by atoms with Crippen molar-refractivity contribution in [1.82, 2.24) is 14.9 Å². The number of pyridine rings is 1. The van der Waals surface area contributed by atoms with Gasteiger partial charge in [-0.3, -0.25) is 9.59 Å². The Morgan fingerprint density at radius 1 is 1.06 bits per heavy atom. The Kier molecular flexibility index (Phi) is 5.98. The molecule has 6 heteroatoms. The number of fused-ring (bicyclic) bond motifs is 1. The first kappa shape index (κ1) is 20.6. The molecule has 5 nitrogen and oxygen atoms in total. The summed E-state index contributed by atoms with van der Waals surface area (Å²) in [6, 6.07) is 15.5. The van der Waals surface area contributed by atoms with E-state index in [4.69, 9.17) is 0 Å². The van der Waals surface area contributed by atoms with Gasteiger partial charge in [0.25, 0.3) is 11.5 Å². The lowest BCUT2D eigenvalue weighted by Crippen LogP contribution is -2.33. The molecule has 0 saturated heterocycles. The monoisotopic (exact) mass is 417 g/mol. The second kappa shape index (κ2) is 9.00. The third-order valence-electron chi connectivity index (χ3n) is 5.34. The molecule has 0 unspecified atom stereocenters. The van der Waals surface area contributed by atoms with Crippen LogP contribution in [0.5, 0.6) is 0 Å². The average molecular weight is 417 g/mol. The number of benzene rings is 2. The minimum Gasteiger partial charge on any atom is -0.361 e. The normalized spacial score (nSPS) is 11.0. The van der Waals surface area contributed by atoms with Gasteiger partial charge in [0, 0.05) is 31.0 Å². The number of aryl methyl sites for hydroxylation is 1. The predicted molar refractivity (Wildman–Crippen MR) is 120 cm³/mol. The van der Waals surface area contributed by atoms with Gasteiger partial charge in [0.2, 0.25) is 0 Å². The lowest BCUT2D eigenvalue weighted by atomic mass is 10.0. The van der Waals surface area contributed by atoms with E-state index in [1.807, 2.05) is 36.7 Å². The number of aromatic nitrogens is 2. The van der Waals surface area contributed by atoms with Crippen LogP contribution in [0.3, 0.4) is 0 Å².